The highest BCUT2D eigenvalue weighted by atomic mass is 32.2. The van der Waals surface area contributed by atoms with Crippen molar-refractivity contribution in [1.29, 1.82) is 0 Å². The van der Waals surface area contributed by atoms with E-state index in [1.165, 1.54) is 19.2 Å². The summed E-state index contributed by atoms with van der Waals surface area (Å²) in [6.07, 6.45) is 0.968. The first kappa shape index (κ1) is 18.2. The summed E-state index contributed by atoms with van der Waals surface area (Å²) in [5.74, 6) is -0.692. The van der Waals surface area contributed by atoms with Crippen LogP contribution in [0.5, 0.6) is 0 Å². The van der Waals surface area contributed by atoms with Crippen molar-refractivity contribution in [3.63, 3.8) is 0 Å². The molecule has 0 radical (unpaired) electrons. The van der Waals surface area contributed by atoms with Crippen molar-refractivity contribution in [2.24, 2.45) is 0 Å². The summed E-state index contributed by atoms with van der Waals surface area (Å²) in [6.45, 7) is 1.63. The lowest BCUT2D eigenvalue weighted by Crippen LogP contribution is -2.26. The third-order valence-corrected chi connectivity index (χ3v) is 6.14. The van der Waals surface area contributed by atoms with E-state index in [4.69, 9.17) is 0 Å². The van der Waals surface area contributed by atoms with Gasteiger partial charge >= 0.3 is 0 Å². The minimum Gasteiger partial charge on any atom is -0.277 e. The van der Waals surface area contributed by atoms with Crippen LogP contribution >= 0.6 is 0 Å². The number of anilines is 2. The molecule has 0 fully saturated rings. The Kier molecular flexibility index (Phi) is 4.86. The Bertz CT molecular complexity index is 973. The second-order valence-corrected chi connectivity index (χ2v) is 8.93. The van der Waals surface area contributed by atoms with E-state index in [1.807, 2.05) is 0 Å². The lowest BCUT2D eigenvalue weighted by Gasteiger charge is -2.21. The molecule has 0 saturated heterocycles. The number of hydrogen-bond acceptors (Lipinski definition) is 4. The van der Waals surface area contributed by atoms with E-state index in [0.29, 0.717) is 5.56 Å². The van der Waals surface area contributed by atoms with E-state index in [0.717, 1.165) is 22.7 Å². The van der Waals surface area contributed by atoms with Crippen LogP contribution in [0.3, 0.4) is 0 Å². The summed E-state index contributed by atoms with van der Waals surface area (Å²) in [5.41, 5.74) is 0.377. The fourth-order valence-electron chi connectivity index (χ4n) is 2.10. The van der Waals surface area contributed by atoms with E-state index in [1.54, 1.807) is 25.1 Å². The van der Waals surface area contributed by atoms with E-state index in [2.05, 4.69) is 4.72 Å². The van der Waals surface area contributed by atoms with Crippen LogP contribution in [-0.2, 0) is 20.0 Å². The molecule has 0 unspecified atom stereocenters. The zero-order valence-corrected chi connectivity index (χ0v) is 14.9. The summed E-state index contributed by atoms with van der Waals surface area (Å²) in [7, 11) is -6.39. The second-order valence-electron chi connectivity index (χ2n) is 5.26. The van der Waals surface area contributed by atoms with Crippen molar-refractivity contribution >= 4 is 31.4 Å². The molecule has 2 aromatic carbocycles. The summed E-state index contributed by atoms with van der Waals surface area (Å²) in [5, 5.41) is 0. The third kappa shape index (κ3) is 3.85. The number of sulfonamides is 2. The van der Waals surface area contributed by atoms with Gasteiger partial charge in [-0.05, 0) is 30.7 Å². The molecule has 0 aliphatic rings. The molecule has 1 N–H and O–H groups in total. The van der Waals surface area contributed by atoms with Crippen LogP contribution in [0, 0.1) is 12.7 Å². The van der Waals surface area contributed by atoms with Gasteiger partial charge in [0.05, 0.1) is 22.5 Å². The van der Waals surface area contributed by atoms with E-state index >= 15 is 0 Å². The van der Waals surface area contributed by atoms with Crippen molar-refractivity contribution in [2.45, 2.75) is 11.8 Å². The topological polar surface area (TPSA) is 83.6 Å². The average Bonchev–Trinajstić information content (AvgIpc) is 2.45. The number of hydrogen-bond donors (Lipinski definition) is 1. The molecule has 0 saturated carbocycles. The molecule has 0 aliphatic heterocycles. The van der Waals surface area contributed by atoms with Crippen molar-refractivity contribution in [1.82, 2.24) is 0 Å². The SMILES string of the molecule is Cc1ccccc1S(=O)(=O)Nc1cc(F)ccc1N(C)S(C)(=O)=O. The molecule has 0 amide bonds. The van der Waals surface area contributed by atoms with Crippen molar-refractivity contribution < 1.29 is 21.2 Å². The third-order valence-electron chi connectivity index (χ3n) is 3.42. The summed E-state index contributed by atoms with van der Waals surface area (Å²) >= 11 is 0. The van der Waals surface area contributed by atoms with Gasteiger partial charge in [0.15, 0.2) is 0 Å². The minimum atomic E-state index is -4.00. The van der Waals surface area contributed by atoms with Crippen LogP contribution < -0.4 is 9.03 Å². The Labute approximate surface area is 141 Å². The lowest BCUT2D eigenvalue weighted by atomic mass is 10.2. The van der Waals surface area contributed by atoms with Crippen LogP contribution in [0.4, 0.5) is 15.8 Å². The molecule has 9 heteroatoms. The van der Waals surface area contributed by atoms with Crippen LogP contribution in [0.25, 0.3) is 0 Å². The number of aryl methyl sites for hydroxylation is 1. The van der Waals surface area contributed by atoms with Gasteiger partial charge < -0.3 is 0 Å². The maximum Gasteiger partial charge on any atom is 0.262 e. The number of nitrogens with one attached hydrogen (secondary N) is 1. The second kappa shape index (κ2) is 6.40. The normalized spacial score (nSPS) is 12.0. The van der Waals surface area contributed by atoms with Crippen LogP contribution in [-0.4, -0.2) is 30.1 Å². The molecule has 2 rings (SSSR count). The predicted molar refractivity (Wildman–Crippen MR) is 91.6 cm³/mol. The van der Waals surface area contributed by atoms with Gasteiger partial charge in [-0.25, -0.2) is 21.2 Å². The summed E-state index contributed by atoms with van der Waals surface area (Å²) in [4.78, 5) is 0.0298. The van der Waals surface area contributed by atoms with Gasteiger partial charge in [0.2, 0.25) is 10.0 Å². The highest BCUT2D eigenvalue weighted by Crippen LogP contribution is 2.30. The number of benzene rings is 2. The molecular formula is C15H17FN2O4S2. The van der Waals surface area contributed by atoms with E-state index in [9.17, 15) is 21.2 Å². The Balaban J connectivity index is 2.54. The van der Waals surface area contributed by atoms with Crippen molar-refractivity contribution in [3.8, 4) is 0 Å². The molecule has 2 aromatic rings. The largest absolute Gasteiger partial charge is 0.277 e. The maximum absolute atomic E-state index is 13.6. The quantitative estimate of drug-likeness (QED) is 0.873. The van der Waals surface area contributed by atoms with Crippen LogP contribution in [0.1, 0.15) is 5.56 Å². The predicted octanol–water partition coefficient (Wildman–Crippen LogP) is 2.33. The molecule has 0 spiro atoms. The van der Waals surface area contributed by atoms with Crippen LogP contribution in [0.15, 0.2) is 47.4 Å². The van der Waals surface area contributed by atoms with Gasteiger partial charge in [0.25, 0.3) is 10.0 Å². The van der Waals surface area contributed by atoms with Crippen LogP contribution in [0.2, 0.25) is 0 Å². The highest BCUT2D eigenvalue weighted by Gasteiger charge is 2.22. The average molecular weight is 372 g/mol. The fourth-order valence-corrected chi connectivity index (χ4v) is 3.93. The Morgan fingerprint density at radius 3 is 2.25 bits per heavy atom. The molecular weight excluding hydrogens is 355 g/mol. The first-order chi connectivity index (χ1) is 11.0. The highest BCUT2D eigenvalue weighted by molar-refractivity contribution is 7.93. The Morgan fingerprint density at radius 2 is 1.67 bits per heavy atom. The molecule has 24 heavy (non-hydrogen) atoms. The smallest absolute Gasteiger partial charge is 0.262 e. The van der Waals surface area contributed by atoms with E-state index in [-0.39, 0.29) is 16.3 Å². The standard InChI is InChI=1S/C15H17FN2O4S2/c1-11-6-4-5-7-15(11)24(21,22)17-13-10-12(16)8-9-14(13)18(2)23(3,19)20/h4-10,17H,1-3H3. The monoisotopic (exact) mass is 372 g/mol. The van der Waals surface area contributed by atoms with Crippen molar-refractivity contribution in [3.05, 3.63) is 53.8 Å². The number of halogens is 1. The number of nitrogens with zero attached hydrogens (tertiary/aromatic N) is 1. The van der Waals surface area contributed by atoms with E-state index < -0.39 is 25.9 Å². The molecule has 0 atom stereocenters. The molecule has 0 heterocycles. The summed E-state index contributed by atoms with van der Waals surface area (Å²) < 4.78 is 65.2. The zero-order chi connectivity index (χ0) is 18.1. The number of rotatable bonds is 5. The molecule has 130 valence electrons. The van der Waals surface area contributed by atoms with Gasteiger partial charge in [0, 0.05) is 13.1 Å². The first-order valence-corrected chi connectivity index (χ1v) is 10.2. The maximum atomic E-state index is 13.6. The first-order valence-electron chi connectivity index (χ1n) is 6.84. The molecule has 0 aromatic heterocycles. The van der Waals surface area contributed by atoms with Gasteiger partial charge in [-0.2, -0.15) is 0 Å². The molecule has 6 nitrogen and oxygen atoms in total. The molecule has 0 bridgehead atoms. The summed E-state index contributed by atoms with van der Waals surface area (Å²) in [6, 6.07) is 9.50. The minimum absolute atomic E-state index is 0.0241. The van der Waals surface area contributed by atoms with Gasteiger partial charge in [0.1, 0.15) is 5.82 Å². The Hall–Kier alpha value is -2.13. The zero-order valence-electron chi connectivity index (χ0n) is 13.3. The fraction of sp³-hybridized carbons (Fsp3) is 0.200. The lowest BCUT2D eigenvalue weighted by molar-refractivity contribution is 0.597. The van der Waals surface area contributed by atoms with Gasteiger partial charge in [-0.15, -0.1) is 0 Å². The molecule has 0 aliphatic carbocycles. The van der Waals surface area contributed by atoms with Gasteiger partial charge in [-0.1, -0.05) is 18.2 Å². The van der Waals surface area contributed by atoms with Gasteiger partial charge in [-0.3, -0.25) is 9.03 Å². The van der Waals surface area contributed by atoms with Crippen molar-refractivity contribution in [2.75, 3.05) is 22.3 Å². The Morgan fingerprint density at radius 1 is 1.04 bits per heavy atom.